The van der Waals surface area contributed by atoms with Gasteiger partial charge in [-0.15, -0.1) is 0 Å². The maximum atomic E-state index is 11.7. The molecule has 0 bridgehead atoms. The van der Waals surface area contributed by atoms with E-state index < -0.39 is 15.8 Å². The first-order valence-corrected chi connectivity index (χ1v) is 7.93. The third kappa shape index (κ3) is 5.58. The molecule has 0 amide bonds. The van der Waals surface area contributed by atoms with Crippen LogP contribution in [0.25, 0.3) is 0 Å². The molecule has 112 valence electrons. The van der Waals surface area contributed by atoms with Crippen LogP contribution in [-0.2, 0) is 14.6 Å². The largest absolute Gasteiger partial charge is 0.492 e. The van der Waals surface area contributed by atoms with Gasteiger partial charge in [0.05, 0.1) is 11.5 Å². The number of carbonyl (C=O) groups is 1. The molecule has 20 heavy (non-hydrogen) atoms. The smallest absolute Gasteiger partial charge is 0.339 e. The zero-order valence-corrected chi connectivity index (χ0v) is 12.1. The van der Waals surface area contributed by atoms with E-state index in [4.69, 9.17) is 14.6 Å². The minimum atomic E-state index is -3.21. The molecule has 0 saturated carbocycles. The number of hydrogen-bond donors (Lipinski definition) is 1. The van der Waals surface area contributed by atoms with E-state index in [2.05, 4.69) is 0 Å². The van der Waals surface area contributed by atoms with Gasteiger partial charge in [0, 0.05) is 13.7 Å². The van der Waals surface area contributed by atoms with E-state index in [9.17, 15) is 13.2 Å². The Bertz CT molecular complexity index is 538. The van der Waals surface area contributed by atoms with Crippen LogP contribution in [0.5, 0.6) is 5.75 Å². The Hall–Kier alpha value is -1.60. The number of hydrogen-bond acceptors (Lipinski definition) is 5. The zero-order valence-electron chi connectivity index (χ0n) is 11.2. The monoisotopic (exact) mass is 302 g/mol. The topological polar surface area (TPSA) is 89.9 Å². The second-order valence-electron chi connectivity index (χ2n) is 4.15. The highest BCUT2D eigenvalue weighted by molar-refractivity contribution is 7.91. The number of carboxylic acids is 1. The lowest BCUT2D eigenvalue weighted by molar-refractivity contribution is 0.0692. The molecule has 0 aliphatic carbocycles. The van der Waals surface area contributed by atoms with Gasteiger partial charge in [-0.25, -0.2) is 13.2 Å². The number of aromatic carboxylic acids is 1. The molecule has 0 atom stereocenters. The number of sulfone groups is 1. The Morgan fingerprint density at radius 2 is 1.90 bits per heavy atom. The van der Waals surface area contributed by atoms with Crippen molar-refractivity contribution in [2.75, 3.05) is 31.8 Å². The molecular formula is C13H18O6S. The molecule has 1 aromatic rings. The Kier molecular flexibility index (Phi) is 6.47. The van der Waals surface area contributed by atoms with Gasteiger partial charge in [-0.3, -0.25) is 0 Å². The number of para-hydroxylation sites is 1. The Morgan fingerprint density at radius 1 is 1.20 bits per heavy atom. The van der Waals surface area contributed by atoms with Crippen molar-refractivity contribution in [3.8, 4) is 5.75 Å². The Morgan fingerprint density at radius 3 is 2.55 bits per heavy atom. The average Bonchev–Trinajstić information content (AvgIpc) is 2.39. The van der Waals surface area contributed by atoms with Crippen LogP contribution < -0.4 is 4.74 Å². The van der Waals surface area contributed by atoms with Gasteiger partial charge in [-0.1, -0.05) is 12.1 Å². The molecule has 0 saturated heterocycles. The van der Waals surface area contributed by atoms with E-state index in [0.29, 0.717) is 13.0 Å². The molecule has 0 spiro atoms. The fourth-order valence-corrected chi connectivity index (χ4v) is 2.67. The number of ether oxygens (including phenoxy) is 2. The lowest BCUT2D eigenvalue weighted by atomic mass is 10.2. The van der Waals surface area contributed by atoms with Gasteiger partial charge >= 0.3 is 5.97 Å². The lowest BCUT2D eigenvalue weighted by Gasteiger charge is -2.09. The van der Waals surface area contributed by atoms with Gasteiger partial charge in [0.2, 0.25) is 0 Å². The predicted molar refractivity (Wildman–Crippen MR) is 74.0 cm³/mol. The van der Waals surface area contributed by atoms with E-state index in [-0.39, 0.29) is 29.4 Å². The van der Waals surface area contributed by atoms with Crippen molar-refractivity contribution in [2.45, 2.75) is 6.42 Å². The fourth-order valence-electron chi connectivity index (χ4n) is 1.57. The molecule has 1 rings (SSSR count). The van der Waals surface area contributed by atoms with Crippen LogP contribution in [0.1, 0.15) is 16.8 Å². The van der Waals surface area contributed by atoms with Crippen molar-refractivity contribution < 1.29 is 27.8 Å². The third-order valence-corrected chi connectivity index (χ3v) is 4.27. The molecule has 0 aliphatic heterocycles. The van der Waals surface area contributed by atoms with Crippen LogP contribution in [-0.4, -0.2) is 51.3 Å². The maximum absolute atomic E-state index is 11.7. The molecule has 6 nitrogen and oxygen atoms in total. The molecule has 1 N–H and O–H groups in total. The number of benzene rings is 1. The molecule has 0 heterocycles. The number of rotatable bonds is 9. The second kappa shape index (κ2) is 7.86. The van der Waals surface area contributed by atoms with E-state index in [1.165, 1.54) is 19.2 Å². The SMILES string of the molecule is COCCCS(=O)(=O)CCOc1ccccc1C(=O)O. The van der Waals surface area contributed by atoms with Gasteiger partial charge in [0.25, 0.3) is 0 Å². The Labute approximate surface area is 118 Å². The lowest BCUT2D eigenvalue weighted by Crippen LogP contribution is -2.18. The van der Waals surface area contributed by atoms with Crippen LogP contribution in [0.15, 0.2) is 24.3 Å². The summed E-state index contributed by atoms with van der Waals surface area (Å²) in [6, 6.07) is 6.12. The van der Waals surface area contributed by atoms with Gasteiger partial charge in [-0.05, 0) is 18.6 Å². The highest BCUT2D eigenvalue weighted by Crippen LogP contribution is 2.17. The maximum Gasteiger partial charge on any atom is 0.339 e. The molecule has 0 unspecified atom stereocenters. The predicted octanol–water partition coefficient (Wildman–Crippen LogP) is 1.21. The van der Waals surface area contributed by atoms with E-state index in [1.807, 2.05) is 0 Å². The summed E-state index contributed by atoms with van der Waals surface area (Å²) in [6.45, 7) is 0.321. The standard InChI is InChI=1S/C13H18O6S/c1-18-7-4-9-20(16,17)10-8-19-12-6-3-2-5-11(12)13(14)15/h2-3,5-6H,4,7-10H2,1H3,(H,14,15). The molecule has 0 radical (unpaired) electrons. The summed E-state index contributed by atoms with van der Waals surface area (Å²) in [7, 11) is -1.70. The quantitative estimate of drug-likeness (QED) is 0.690. The van der Waals surface area contributed by atoms with Crippen molar-refractivity contribution in [1.29, 1.82) is 0 Å². The van der Waals surface area contributed by atoms with E-state index >= 15 is 0 Å². The summed E-state index contributed by atoms with van der Waals surface area (Å²) in [5.74, 6) is -1.05. The van der Waals surface area contributed by atoms with Crippen LogP contribution in [0.4, 0.5) is 0 Å². The molecule has 0 aromatic heterocycles. The molecule has 0 aliphatic rings. The summed E-state index contributed by atoms with van der Waals surface area (Å²) < 4.78 is 33.4. The van der Waals surface area contributed by atoms with E-state index in [1.54, 1.807) is 12.1 Å². The number of carboxylic acid groups (broad SMARTS) is 1. The first-order chi connectivity index (χ1) is 9.46. The highest BCUT2D eigenvalue weighted by Gasteiger charge is 2.13. The summed E-state index contributed by atoms with van der Waals surface area (Å²) in [5.41, 5.74) is 0.0179. The second-order valence-corrected chi connectivity index (χ2v) is 6.45. The van der Waals surface area contributed by atoms with Crippen molar-refractivity contribution >= 4 is 15.8 Å². The van der Waals surface area contributed by atoms with Crippen LogP contribution >= 0.6 is 0 Å². The van der Waals surface area contributed by atoms with Crippen LogP contribution in [0.3, 0.4) is 0 Å². The first-order valence-electron chi connectivity index (χ1n) is 6.11. The van der Waals surface area contributed by atoms with Crippen LogP contribution in [0, 0.1) is 0 Å². The molecule has 1 aromatic carbocycles. The first kappa shape index (κ1) is 16.5. The van der Waals surface area contributed by atoms with Crippen molar-refractivity contribution in [1.82, 2.24) is 0 Å². The molecule has 0 fully saturated rings. The van der Waals surface area contributed by atoms with Gasteiger partial charge in [0.15, 0.2) is 9.84 Å². The highest BCUT2D eigenvalue weighted by atomic mass is 32.2. The van der Waals surface area contributed by atoms with Crippen LogP contribution in [0.2, 0.25) is 0 Å². The van der Waals surface area contributed by atoms with Crippen molar-refractivity contribution in [3.05, 3.63) is 29.8 Å². The summed E-state index contributed by atoms with van der Waals surface area (Å²) in [6.07, 6.45) is 0.435. The molecule has 7 heteroatoms. The minimum absolute atomic E-state index is 0.0179. The molecular weight excluding hydrogens is 284 g/mol. The fraction of sp³-hybridized carbons (Fsp3) is 0.462. The van der Waals surface area contributed by atoms with E-state index in [0.717, 1.165) is 0 Å². The Balaban J connectivity index is 2.50. The summed E-state index contributed by atoms with van der Waals surface area (Å²) >= 11 is 0. The van der Waals surface area contributed by atoms with Gasteiger partial charge in [-0.2, -0.15) is 0 Å². The zero-order chi connectivity index (χ0) is 15.0. The summed E-state index contributed by atoms with van der Waals surface area (Å²) in [4.78, 5) is 10.9. The number of methoxy groups -OCH3 is 1. The van der Waals surface area contributed by atoms with Crippen molar-refractivity contribution in [3.63, 3.8) is 0 Å². The van der Waals surface area contributed by atoms with Crippen molar-refractivity contribution in [2.24, 2.45) is 0 Å². The summed E-state index contributed by atoms with van der Waals surface area (Å²) in [5, 5.41) is 8.96. The average molecular weight is 302 g/mol. The normalized spacial score (nSPS) is 11.2. The minimum Gasteiger partial charge on any atom is -0.492 e. The van der Waals surface area contributed by atoms with Gasteiger partial charge in [0.1, 0.15) is 17.9 Å². The van der Waals surface area contributed by atoms with Gasteiger partial charge < -0.3 is 14.6 Å². The third-order valence-electron chi connectivity index (χ3n) is 2.57.